The van der Waals surface area contributed by atoms with E-state index in [2.05, 4.69) is 23.4 Å². The minimum Gasteiger partial charge on any atom is -0.385 e. The number of imidazole rings is 1. The number of ether oxygens (including phenoxy) is 1. The van der Waals surface area contributed by atoms with Gasteiger partial charge in [0, 0.05) is 26.0 Å². The molecule has 0 saturated heterocycles. The maximum Gasteiger partial charge on any atom is 0.106 e. The minimum absolute atomic E-state index is 0.816. The predicted octanol–water partition coefficient (Wildman–Crippen LogP) is 1.84. The van der Waals surface area contributed by atoms with Crippen molar-refractivity contribution < 1.29 is 4.74 Å². The largest absolute Gasteiger partial charge is 0.385 e. The van der Waals surface area contributed by atoms with Crippen LogP contribution in [0.15, 0.2) is 0 Å². The zero-order valence-electron chi connectivity index (χ0n) is 8.92. The molecule has 74 valence electrons. The highest BCUT2D eigenvalue weighted by molar-refractivity contribution is 5.13. The van der Waals surface area contributed by atoms with E-state index in [0.717, 1.165) is 31.1 Å². The van der Waals surface area contributed by atoms with Crippen LogP contribution in [0.4, 0.5) is 0 Å². The average molecular weight is 182 g/mol. The quantitative estimate of drug-likeness (QED) is 0.664. The lowest BCUT2D eigenvalue weighted by Gasteiger charge is -2.06. The highest BCUT2D eigenvalue weighted by Gasteiger charge is 2.05. The Hall–Kier alpha value is -0.830. The first-order valence-electron chi connectivity index (χ1n) is 4.66. The van der Waals surface area contributed by atoms with Gasteiger partial charge in [0.05, 0.1) is 5.69 Å². The molecule has 1 aromatic rings. The normalized spacial score (nSPS) is 10.8. The van der Waals surface area contributed by atoms with Crippen molar-refractivity contribution >= 4 is 0 Å². The minimum atomic E-state index is 0.816. The van der Waals surface area contributed by atoms with E-state index in [-0.39, 0.29) is 0 Å². The van der Waals surface area contributed by atoms with Crippen molar-refractivity contribution in [2.75, 3.05) is 13.7 Å². The number of nitrogens with zero attached hydrogens (tertiary/aromatic N) is 2. The smallest absolute Gasteiger partial charge is 0.106 e. The van der Waals surface area contributed by atoms with Gasteiger partial charge in [0.1, 0.15) is 5.82 Å². The summed E-state index contributed by atoms with van der Waals surface area (Å²) >= 11 is 0. The molecule has 1 aromatic heterocycles. The second-order valence-electron chi connectivity index (χ2n) is 3.33. The number of rotatable bonds is 4. The molecule has 0 radical (unpaired) electrons. The van der Waals surface area contributed by atoms with E-state index in [0.29, 0.717) is 0 Å². The van der Waals surface area contributed by atoms with Crippen molar-refractivity contribution in [2.24, 2.45) is 0 Å². The summed E-state index contributed by atoms with van der Waals surface area (Å²) in [6.45, 7) is 8.03. The molecule has 0 amide bonds. The molecule has 0 aromatic carbocycles. The highest BCUT2D eigenvalue weighted by atomic mass is 16.5. The lowest BCUT2D eigenvalue weighted by Crippen LogP contribution is -2.05. The Morgan fingerprint density at radius 2 is 2.00 bits per heavy atom. The number of hydrogen-bond donors (Lipinski definition) is 0. The predicted molar refractivity (Wildman–Crippen MR) is 52.9 cm³/mol. The molecule has 0 atom stereocenters. The SMILES string of the molecule is COCCCn1c(C)nc(C)c1C. The zero-order valence-corrected chi connectivity index (χ0v) is 8.92. The van der Waals surface area contributed by atoms with Crippen LogP contribution in [-0.4, -0.2) is 23.3 Å². The van der Waals surface area contributed by atoms with Gasteiger partial charge < -0.3 is 9.30 Å². The summed E-state index contributed by atoms with van der Waals surface area (Å²) in [6, 6.07) is 0. The number of hydrogen-bond acceptors (Lipinski definition) is 2. The number of methoxy groups -OCH3 is 1. The Labute approximate surface area is 79.7 Å². The maximum atomic E-state index is 5.02. The summed E-state index contributed by atoms with van der Waals surface area (Å²) in [6.07, 6.45) is 1.05. The Morgan fingerprint density at radius 1 is 1.31 bits per heavy atom. The second kappa shape index (κ2) is 4.42. The van der Waals surface area contributed by atoms with E-state index in [9.17, 15) is 0 Å². The van der Waals surface area contributed by atoms with E-state index in [1.54, 1.807) is 7.11 Å². The summed E-state index contributed by atoms with van der Waals surface area (Å²) in [5.74, 6) is 1.10. The third-order valence-electron chi connectivity index (χ3n) is 2.38. The van der Waals surface area contributed by atoms with Crippen LogP contribution >= 0.6 is 0 Å². The van der Waals surface area contributed by atoms with Crippen LogP contribution in [0.3, 0.4) is 0 Å². The van der Waals surface area contributed by atoms with Crippen molar-refractivity contribution in [2.45, 2.75) is 33.7 Å². The monoisotopic (exact) mass is 182 g/mol. The standard InChI is InChI=1S/C10H18N2O/c1-8-9(2)12(10(3)11-8)6-5-7-13-4/h5-7H2,1-4H3. The Bertz CT molecular complexity index is 279. The molecule has 0 fully saturated rings. The van der Waals surface area contributed by atoms with Crippen LogP contribution in [0.2, 0.25) is 0 Å². The molecule has 0 spiro atoms. The molecule has 1 heterocycles. The Morgan fingerprint density at radius 3 is 2.46 bits per heavy atom. The molecule has 3 heteroatoms. The molecular formula is C10H18N2O. The van der Waals surface area contributed by atoms with Crippen molar-refractivity contribution in [3.63, 3.8) is 0 Å². The topological polar surface area (TPSA) is 27.1 Å². The second-order valence-corrected chi connectivity index (χ2v) is 3.33. The van der Waals surface area contributed by atoms with Crippen LogP contribution in [-0.2, 0) is 11.3 Å². The summed E-state index contributed by atoms with van der Waals surface area (Å²) in [7, 11) is 1.73. The fourth-order valence-electron chi connectivity index (χ4n) is 1.52. The molecular weight excluding hydrogens is 164 g/mol. The molecule has 3 nitrogen and oxygen atoms in total. The molecule has 0 saturated carbocycles. The summed E-state index contributed by atoms with van der Waals surface area (Å²) in [5.41, 5.74) is 2.41. The van der Waals surface area contributed by atoms with Gasteiger partial charge in [-0.2, -0.15) is 0 Å². The van der Waals surface area contributed by atoms with Gasteiger partial charge in [-0.25, -0.2) is 4.98 Å². The third-order valence-corrected chi connectivity index (χ3v) is 2.38. The molecule has 0 N–H and O–H groups in total. The van der Waals surface area contributed by atoms with Crippen LogP contribution in [0, 0.1) is 20.8 Å². The first kappa shape index (κ1) is 10.3. The molecule has 0 aliphatic rings. The first-order chi connectivity index (χ1) is 6.16. The van der Waals surface area contributed by atoms with Crippen LogP contribution in [0.1, 0.15) is 23.6 Å². The van der Waals surface area contributed by atoms with Gasteiger partial charge in [-0.15, -0.1) is 0 Å². The van der Waals surface area contributed by atoms with E-state index in [4.69, 9.17) is 4.74 Å². The van der Waals surface area contributed by atoms with Crippen molar-refractivity contribution in [3.05, 3.63) is 17.2 Å². The molecule has 1 rings (SSSR count). The molecule has 0 bridgehead atoms. The third kappa shape index (κ3) is 2.31. The van der Waals surface area contributed by atoms with Crippen molar-refractivity contribution in [1.29, 1.82) is 0 Å². The average Bonchev–Trinajstić information content (AvgIpc) is 2.32. The van der Waals surface area contributed by atoms with Crippen molar-refractivity contribution in [1.82, 2.24) is 9.55 Å². The lowest BCUT2D eigenvalue weighted by atomic mass is 10.3. The van der Waals surface area contributed by atoms with Crippen LogP contribution in [0.5, 0.6) is 0 Å². The number of aromatic nitrogens is 2. The van der Waals surface area contributed by atoms with Crippen LogP contribution < -0.4 is 0 Å². The lowest BCUT2D eigenvalue weighted by molar-refractivity contribution is 0.190. The Kier molecular flexibility index (Phi) is 3.48. The summed E-state index contributed by atoms with van der Waals surface area (Å²) < 4.78 is 7.26. The van der Waals surface area contributed by atoms with Gasteiger partial charge in [-0.1, -0.05) is 0 Å². The van der Waals surface area contributed by atoms with E-state index in [1.165, 1.54) is 5.69 Å². The van der Waals surface area contributed by atoms with Gasteiger partial charge in [0.25, 0.3) is 0 Å². The maximum absolute atomic E-state index is 5.02. The molecule has 0 unspecified atom stereocenters. The highest BCUT2D eigenvalue weighted by Crippen LogP contribution is 2.09. The molecule has 0 aliphatic carbocycles. The Balaban J connectivity index is 2.64. The van der Waals surface area contributed by atoms with Gasteiger partial charge >= 0.3 is 0 Å². The van der Waals surface area contributed by atoms with E-state index < -0.39 is 0 Å². The first-order valence-corrected chi connectivity index (χ1v) is 4.66. The molecule has 13 heavy (non-hydrogen) atoms. The van der Waals surface area contributed by atoms with Gasteiger partial charge in [-0.3, -0.25) is 0 Å². The van der Waals surface area contributed by atoms with E-state index in [1.807, 2.05) is 6.92 Å². The van der Waals surface area contributed by atoms with Gasteiger partial charge in [0.15, 0.2) is 0 Å². The summed E-state index contributed by atoms with van der Waals surface area (Å²) in [5, 5.41) is 0. The van der Waals surface area contributed by atoms with Gasteiger partial charge in [-0.05, 0) is 27.2 Å². The van der Waals surface area contributed by atoms with E-state index >= 15 is 0 Å². The molecule has 0 aliphatic heterocycles. The fraction of sp³-hybridized carbons (Fsp3) is 0.700. The van der Waals surface area contributed by atoms with Crippen molar-refractivity contribution in [3.8, 4) is 0 Å². The fourth-order valence-corrected chi connectivity index (χ4v) is 1.52. The van der Waals surface area contributed by atoms with Crippen LogP contribution in [0.25, 0.3) is 0 Å². The number of aryl methyl sites for hydroxylation is 2. The van der Waals surface area contributed by atoms with Gasteiger partial charge in [0.2, 0.25) is 0 Å². The zero-order chi connectivity index (χ0) is 9.84. The summed E-state index contributed by atoms with van der Waals surface area (Å²) in [4.78, 5) is 4.41.